The Morgan fingerprint density at radius 3 is 2.07 bits per heavy atom. The van der Waals surface area contributed by atoms with Crippen LogP contribution in [-0.4, -0.2) is 11.8 Å². The molecule has 5 heteroatoms. The first-order valence-electron chi connectivity index (χ1n) is 3.80. The van der Waals surface area contributed by atoms with E-state index >= 15 is 0 Å². The normalized spacial score (nSPS) is 10.3. The molecule has 0 unspecified atom stereocenters. The number of benzene rings is 1. The summed E-state index contributed by atoms with van der Waals surface area (Å²) in [4.78, 5) is 20.6. The summed E-state index contributed by atoms with van der Waals surface area (Å²) in [7, 11) is 0. The molecule has 0 saturated carbocycles. The van der Waals surface area contributed by atoms with E-state index in [-0.39, 0.29) is 22.6 Å². The first-order chi connectivity index (χ1) is 6.61. The van der Waals surface area contributed by atoms with Crippen LogP contribution in [-0.2, 0) is 26.7 Å². The fraction of sp³-hybridized carbons (Fsp3) is 0. The van der Waals surface area contributed by atoms with Gasteiger partial charge in [-0.15, -0.1) is 0 Å². The molecule has 15 heavy (non-hydrogen) atoms. The molecule has 0 N–H and O–H groups in total. The maximum Gasteiger partial charge on any atom is 2.00 e. The van der Waals surface area contributed by atoms with Crippen molar-refractivity contribution in [1.82, 2.24) is 0 Å². The van der Waals surface area contributed by atoms with Crippen LogP contribution in [0, 0.1) is 0 Å². The fourth-order valence-electron chi connectivity index (χ4n) is 0.864. The van der Waals surface area contributed by atoms with Gasteiger partial charge in [-0.2, -0.15) is 0 Å². The van der Waals surface area contributed by atoms with Crippen molar-refractivity contribution < 1.29 is 36.9 Å². The minimum Gasteiger partial charge on any atom is -0.872 e. The molecule has 0 aliphatic heterocycles. The summed E-state index contributed by atoms with van der Waals surface area (Å²) >= 11 is 0. The second kappa shape index (κ2) is 6.01. The van der Waals surface area contributed by atoms with Gasteiger partial charge in [0, 0.05) is 0 Å². The Morgan fingerprint density at radius 1 is 1.07 bits per heavy atom. The van der Waals surface area contributed by atoms with Gasteiger partial charge in [-0.05, 0) is 11.6 Å². The van der Waals surface area contributed by atoms with Crippen LogP contribution >= 0.6 is 0 Å². The van der Waals surface area contributed by atoms with Crippen molar-refractivity contribution >= 4 is 17.5 Å². The smallest absolute Gasteiger partial charge is 0.872 e. The van der Waals surface area contributed by atoms with Crippen molar-refractivity contribution in [3.05, 3.63) is 42.0 Å². The predicted octanol–water partition coefficient (Wildman–Crippen LogP) is -1.30. The van der Waals surface area contributed by atoms with Gasteiger partial charge in [-0.3, -0.25) is 4.79 Å². The van der Waals surface area contributed by atoms with Crippen LogP contribution in [0.3, 0.4) is 0 Å². The summed E-state index contributed by atoms with van der Waals surface area (Å²) in [5.74, 6) is -3.84. The van der Waals surface area contributed by atoms with Gasteiger partial charge in [0.2, 0.25) is 5.78 Å². The maximum atomic E-state index is 11.2. The first-order valence-corrected chi connectivity index (χ1v) is 3.80. The number of carboxylic acid groups (broad SMARTS) is 1. The van der Waals surface area contributed by atoms with E-state index in [1.165, 1.54) is 12.1 Å². The van der Waals surface area contributed by atoms with E-state index in [0.29, 0.717) is 6.08 Å². The summed E-state index contributed by atoms with van der Waals surface area (Å²) in [6.07, 6.45) is 0.505. The average molecular weight is 254 g/mol. The largest absolute Gasteiger partial charge is 2.00 e. The molecule has 1 aromatic carbocycles. The van der Waals surface area contributed by atoms with Crippen LogP contribution in [0.15, 0.2) is 36.4 Å². The Morgan fingerprint density at radius 2 is 1.60 bits per heavy atom. The molecule has 0 spiro atoms. The van der Waals surface area contributed by atoms with Gasteiger partial charge in [-0.25, -0.2) is 0 Å². The molecule has 0 amide bonds. The van der Waals surface area contributed by atoms with E-state index in [1.54, 1.807) is 18.2 Å². The standard InChI is InChI=1S/C10H8O4.Cu/c11-8(6-9(12)10(13)14)7-4-2-1-3-5-7;/h1-6,11H,(H,13,14);/q;+2/p-2/b8-6-;. The van der Waals surface area contributed by atoms with Gasteiger partial charge >= 0.3 is 17.1 Å². The summed E-state index contributed by atoms with van der Waals surface area (Å²) in [6, 6.07) is 7.91. The minimum absolute atomic E-state index is 0. The van der Waals surface area contributed by atoms with Crippen molar-refractivity contribution in [3.8, 4) is 0 Å². The van der Waals surface area contributed by atoms with Gasteiger partial charge in [0.15, 0.2) is 0 Å². The van der Waals surface area contributed by atoms with Gasteiger partial charge in [0.1, 0.15) is 5.97 Å². The number of carboxylic acids is 1. The third kappa shape index (κ3) is 3.97. The molecule has 4 nitrogen and oxygen atoms in total. The summed E-state index contributed by atoms with van der Waals surface area (Å²) in [5, 5.41) is 21.2. The monoisotopic (exact) mass is 253 g/mol. The van der Waals surface area contributed by atoms with E-state index in [2.05, 4.69) is 0 Å². The molecule has 0 atom stereocenters. The third-order valence-corrected chi connectivity index (χ3v) is 1.52. The van der Waals surface area contributed by atoms with E-state index in [1.807, 2.05) is 0 Å². The molecule has 0 heterocycles. The zero-order valence-electron chi connectivity index (χ0n) is 7.40. The third-order valence-electron chi connectivity index (χ3n) is 1.52. The zero-order chi connectivity index (χ0) is 10.6. The second-order valence-corrected chi connectivity index (χ2v) is 2.53. The van der Waals surface area contributed by atoms with Crippen LogP contribution in [0.5, 0.6) is 0 Å². The fourth-order valence-corrected chi connectivity index (χ4v) is 0.864. The molecular weight excluding hydrogens is 248 g/mol. The molecule has 1 aromatic rings. The number of ketones is 1. The Hall–Kier alpha value is -1.58. The molecule has 0 fully saturated rings. The van der Waals surface area contributed by atoms with Gasteiger partial charge in [0.05, 0.1) is 0 Å². The van der Waals surface area contributed by atoms with E-state index in [4.69, 9.17) is 0 Å². The van der Waals surface area contributed by atoms with Gasteiger partial charge < -0.3 is 15.0 Å². The Bertz CT molecular complexity index is 384. The minimum atomic E-state index is -1.88. The van der Waals surface area contributed by atoms with Crippen LogP contribution in [0.4, 0.5) is 0 Å². The van der Waals surface area contributed by atoms with Gasteiger partial charge in [-0.1, -0.05) is 36.1 Å². The number of hydrogen-bond donors (Lipinski definition) is 0. The summed E-state index contributed by atoms with van der Waals surface area (Å²) in [5.41, 5.74) is 0.266. The van der Waals surface area contributed by atoms with Crippen LogP contribution < -0.4 is 10.2 Å². The SMILES string of the molecule is O=C([O-])C(=O)/C=C(\[O-])c1ccccc1.[Cu+2]. The van der Waals surface area contributed by atoms with Crippen LogP contribution in [0.2, 0.25) is 0 Å². The number of carbonyl (C=O) groups excluding carboxylic acids is 2. The Kier molecular flexibility index (Phi) is 5.37. The average Bonchev–Trinajstić information content (AvgIpc) is 2.19. The molecule has 0 bridgehead atoms. The second-order valence-electron chi connectivity index (χ2n) is 2.53. The molecule has 0 aliphatic rings. The van der Waals surface area contributed by atoms with E-state index in [0.717, 1.165) is 0 Å². The van der Waals surface area contributed by atoms with Crippen molar-refractivity contribution in [2.75, 3.05) is 0 Å². The number of aliphatic carboxylic acids is 1. The summed E-state index contributed by atoms with van der Waals surface area (Å²) < 4.78 is 0. The van der Waals surface area contributed by atoms with Crippen LogP contribution in [0.25, 0.3) is 5.76 Å². The molecule has 0 aliphatic carbocycles. The molecule has 1 radical (unpaired) electrons. The van der Waals surface area contributed by atoms with Crippen molar-refractivity contribution in [3.63, 3.8) is 0 Å². The quantitative estimate of drug-likeness (QED) is 0.290. The molecule has 0 saturated heterocycles. The number of carbonyl (C=O) groups is 2. The Labute approximate surface area is 96.7 Å². The maximum absolute atomic E-state index is 11.2. The van der Waals surface area contributed by atoms with Crippen molar-refractivity contribution in [2.45, 2.75) is 0 Å². The molecule has 0 aromatic heterocycles. The van der Waals surface area contributed by atoms with E-state index < -0.39 is 17.5 Å². The topological polar surface area (TPSA) is 80.3 Å². The van der Waals surface area contributed by atoms with Crippen molar-refractivity contribution in [2.24, 2.45) is 0 Å². The predicted molar refractivity (Wildman–Crippen MR) is 44.4 cm³/mol. The number of rotatable bonds is 3. The Balaban J connectivity index is 0.00000196. The molecule has 81 valence electrons. The van der Waals surface area contributed by atoms with E-state index in [9.17, 15) is 19.8 Å². The van der Waals surface area contributed by atoms with Gasteiger partial charge in [0.25, 0.3) is 0 Å². The first kappa shape index (κ1) is 13.4. The molecular formula is C10H6CuO4. The van der Waals surface area contributed by atoms with Crippen LogP contribution in [0.1, 0.15) is 5.56 Å². The summed E-state index contributed by atoms with van der Waals surface area (Å²) in [6.45, 7) is 0. The zero-order valence-corrected chi connectivity index (χ0v) is 8.34. The van der Waals surface area contributed by atoms with Crippen molar-refractivity contribution in [1.29, 1.82) is 0 Å². The number of hydrogen-bond acceptors (Lipinski definition) is 4. The molecule has 1 rings (SSSR count).